The van der Waals surface area contributed by atoms with Crippen LogP contribution in [0.4, 0.5) is 4.39 Å². The van der Waals surface area contributed by atoms with Crippen molar-refractivity contribution in [2.75, 3.05) is 0 Å². The second-order valence-electron chi connectivity index (χ2n) is 6.48. The molecule has 0 saturated carbocycles. The fourth-order valence-corrected chi connectivity index (χ4v) is 2.84. The van der Waals surface area contributed by atoms with E-state index in [-0.39, 0.29) is 40.1 Å². The third-order valence-corrected chi connectivity index (χ3v) is 4.13. The zero-order valence-corrected chi connectivity index (χ0v) is 15.3. The van der Waals surface area contributed by atoms with Gasteiger partial charge in [-0.2, -0.15) is 5.10 Å². The molecule has 2 heterocycles. The summed E-state index contributed by atoms with van der Waals surface area (Å²) in [6, 6.07) is 7.22. The third kappa shape index (κ3) is 3.52. The standard InChI is InChI=1S/C19H16B2FN3O3/c1-11(2)25-18(14(22)9-24-25)17-13(5-4-8-23-17)19(20,21)28-16-7-3-6-15(27)12(16)10-26/h3-11,27H,1-2H3. The number of benzene rings is 1. The van der Waals surface area contributed by atoms with E-state index in [1.165, 1.54) is 29.1 Å². The van der Waals surface area contributed by atoms with Gasteiger partial charge in [-0.15, -0.1) is 0 Å². The highest BCUT2D eigenvalue weighted by molar-refractivity contribution is 6.39. The molecule has 9 heteroatoms. The van der Waals surface area contributed by atoms with Crippen LogP contribution in [-0.2, 0) is 5.40 Å². The summed E-state index contributed by atoms with van der Waals surface area (Å²) in [6.07, 6.45) is 2.98. The normalized spacial score (nSPS) is 11.6. The highest BCUT2D eigenvalue weighted by Crippen LogP contribution is 2.35. The van der Waals surface area contributed by atoms with Crippen molar-refractivity contribution in [2.24, 2.45) is 0 Å². The van der Waals surface area contributed by atoms with Gasteiger partial charge in [-0.05, 0) is 32.0 Å². The molecule has 4 radical (unpaired) electrons. The van der Waals surface area contributed by atoms with E-state index in [2.05, 4.69) is 10.1 Å². The largest absolute Gasteiger partial charge is 0.507 e. The first-order valence-corrected chi connectivity index (χ1v) is 8.49. The van der Waals surface area contributed by atoms with Crippen LogP contribution in [0, 0.1) is 5.82 Å². The molecule has 2 aromatic heterocycles. The number of halogens is 1. The van der Waals surface area contributed by atoms with E-state index in [1.54, 1.807) is 12.1 Å². The molecule has 1 N–H and O–H groups in total. The van der Waals surface area contributed by atoms with Crippen molar-refractivity contribution < 1.29 is 19.0 Å². The number of carbonyl (C=O) groups excluding carboxylic acids is 1. The fraction of sp³-hybridized carbons (Fsp3) is 0.211. The molecule has 3 rings (SSSR count). The Hall–Kier alpha value is -3.09. The van der Waals surface area contributed by atoms with E-state index < -0.39 is 11.2 Å². The second kappa shape index (κ2) is 7.50. The second-order valence-corrected chi connectivity index (χ2v) is 6.48. The minimum atomic E-state index is -1.98. The lowest BCUT2D eigenvalue weighted by Gasteiger charge is -2.31. The Bertz CT molecular complexity index is 1020. The first-order valence-electron chi connectivity index (χ1n) is 8.49. The molecule has 28 heavy (non-hydrogen) atoms. The average Bonchev–Trinajstić information content (AvgIpc) is 3.03. The monoisotopic (exact) mass is 375 g/mol. The van der Waals surface area contributed by atoms with Crippen LogP contribution in [0.2, 0.25) is 0 Å². The number of aromatic nitrogens is 3. The Morgan fingerprint density at radius 3 is 2.71 bits per heavy atom. The maximum Gasteiger partial charge on any atom is 0.170 e. The molecule has 0 spiro atoms. The average molecular weight is 375 g/mol. The summed E-state index contributed by atoms with van der Waals surface area (Å²) in [5.74, 6) is -0.887. The molecule has 1 aromatic carbocycles. The van der Waals surface area contributed by atoms with Gasteiger partial charge in [0.05, 0.1) is 22.9 Å². The van der Waals surface area contributed by atoms with Crippen molar-refractivity contribution in [3.63, 3.8) is 0 Å². The van der Waals surface area contributed by atoms with Crippen LogP contribution < -0.4 is 4.74 Å². The zero-order valence-electron chi connectivity index (χ0n) is 15.3. The molecule has 6 nitrogen and oxygen atoms in total. The number of nitrogens with zero attached hydrogens (tertiary/aromatic N) is 3. The summed E-state index contributed by atoms with van der Waals surface area (Å²) in [5.41, 5.74) is 0.341. The quantitative estimate of drug-likeness (QED) is 0.530. The number of phenols is 1. The van der Waals surface area contributed by atoms with Crippen molar-refractivity contribution in [2.45, 2.75) is 25.3 Å². The maximum atomic E-state index is 14.5. The summed E-state index contributed by atoms with van der Waals surface area (Å²) in [6.45, 7) is 3.69. The predicted molar refractivity (Wildman–Crippen MR) is 103 cm³/mol. The lowest BCUT2D eigenvalue weighted by molar-refractivity contribution is 0.111. The number of phenolic OH excluding ortho intramolecular Hbond substituents is 1. The van der Waals surface area contributed by atoms with Gasteiger partial charge in [0.15, 0.2) is 12.1 Å². The zero-order chi connectivity index (χ0) is 20.5. The summed E-state index contributed by atoms with van der Waals surface area (Å²) < 4.78 is 21.6. The smallest absolute Gasteiger partial charge is 0.170 e. The van der Waals surface area contributed by atoms with E-state index >= 15 is 0 Å². The van der Waals surface area contributed by atoms with Crippen LogP contribution in [0.25, 0.3) is 11.4 Å². The molecule has 0 unspecified atom stereocenters. The first-order chi connectivity index (χ1) is 13.3. The number of ether oxygens (including phenoxy) is 1. The molecule has 0 amide bonds. The van der Waals surface area contributed by atoms with Crippen molar-refractivity contribution >= 4 is 22.0 Å². The van der Waals surface area contributed by atoms with Gasteiger partial charge in [0.2, 0.25) is 0 Å². The van der Waals surface area contributed by atoms with Gasteiger partial charge in [0.25, 0.3) is 0 Å². The highest BCUT2D eigenvalue weighted by atomic mass is 19.1. The summed E-state index contributed by atoms with van der Waals surface area (Å²) >= 11 is 0. The molecule has 138 valence electrons. The van der Waals surface area contributed by atoms with Gasteiger partial charge in [0.1, 0.15) is 32.9 Å². The summed E-state index contributed by atoms with van der Waals surface area (Å²) in [7, 11) is 12.4. The van der Waals surface area contributed by atoms with E-state index in [4.69, 9.17) is 20.4 Å². The minimum Gasteiger partial charge on any atom is -0.507 e. The van der Waals surface area contributed by atoms with E-state index in [0.717, 1.165) is 6.20 Å². The Labute approximate surface area is 164 Å². The molecular weight excluding hydrogens is 359 g/mol. The van der Waals surface area contributed by atoms with Crippen LogP contribution in [-0.4, -0.2) is 41.8 Å². The van der Waals surface area contributed by atoms with Crippen LogP contribution in [0.3, 0.4) is 0 Å². The van der Waals surface area contributed by atoms with Gasteiger partial charge in [0, 0.05) is 17.8 Å². The van der Waals surface area contributed by atoms with Gasteiger partial charge < -0.3 is 9.84 Å². The molecule has 0 aliphatic heterocycles. The molecule has 0 aliphatic carbocycles. The molecule has 3 aromatic rings. The van der Waals surface area contributed by atoms with E-state index in [1.807, 2.05) is 13.8 Å². The first kappa shape index (κ1) is 19.7. The molecular formula is C19H16B2FN3O3. The number of carbonyl (C=O) groups is 1. The minimum absolute atomic E-state index is 0.0207. The van der Waals surface area contributed by atoms with Crippen LogP contribution in [0.15, 0.2) is 42.7 Å². The van der Waals surface area contributed by atoms with E-state index in [9.17, 15) is 14.3 Å². The van der Waals surface area contributed by atoms with Gasteiger partial charge in [-0.3, -0.25) is 14.5 Å². The van der Waals surface area contributed by atoms with Crippen molar-refractivity contribution in [1.82, 2.24) is 14.8 Å². The molecule has 0 aliphatic rings. The summed E-state index contributed by atoms with van der Waals surface area (Å²) in [4.78, 5) is 15.5. The number of hydrogen-bond donors (Lipinski definition) is 1. The number of hydrogen-bond acceptors (Lipinski definition) is 5. The summed E-state index contributed by atoms with van der Waals surface area (Å²) in [5, 5.41) is 11.9. The molecule has 0 bridgehead atoms. The third-order valence-electron chi connectivity index (χ3n) is 4.13. The van der Waals surface area contributed by atoms with Crippen LogP contribution in [0.1, 0.15) is 35.8 Å². The van der Waals surface area contributed by atoms with Crippen LogP contribution >= 0.6 is 0 Å². The predicted octanol–water partition coefficient (Wildman–Crippen LogP) is 2.71. The lowest BCUT2D eigenvalue weighted by Crippen LogP contribution is -2.35. The van der Waals surface area contributed by atoms with Gasteiger partial charge >= 0.3 is 0 Å². The van der Waals surface area contributed by atoms with Gasteiger partial charge in [-0.1, -0.05) is 12.1 Å². The van der Waals surface area contributed by atoms with E-state index in [0.29, 0.717) is 6.29 Å². The topological polar surface area (TPSA) is 77.2 Å². The number of aldehydes is 1. The van der Waals surface area contributed by atoms with Crippen LogP contribution in [0.5, 0.6) is 11.5 Å². The van der Waals surface area contributed by atoms with Crippen molar-refractivity contribution in [3.8, 4) is 22.9 Å². The Kier molecular flexibility index (Phi) is 5.27. The molecule has 0 saturated heterocycles. The number of aromatic hydroxyl groups is 1. The maximum absolute atomic E-state index is 14.5. The Balaban J connectivity index is 2.12. The van der Waals surface area contributed by atoms with Crippen molar-refractivity contribution in [1.29, 1.82) is 0 Å². The lowest BCUT2D eigenvalue weighted by atomic mass is 9.60. The Morgan fingerprint density at radius 2 is 2.04 bits per heavy atom. The molecule has 0 atom stereocenters. The fourth-order valence-electron chi connectivity index (χ4n) is 2.84. The number of pyridine rings is 1. The number of rotatable bonds is 6. The van der Waals surface area contributed by atoms with Crippen molar-refractivity contribution in [3.05, 3.63) is 59.7 Å². The highest BCUT2D eigenvalue weighted by Gasteiger charge is 2.30. The molecule has 0 fully saturated rings. The SMILES string of the molecule is [B]C([B])(Oc1cccc(O)c1C=O)c1cccnc1-c1c(F)cnn1C(C)C. The Morgan fingerprint density at radius 1 is 1.29 bits per heavy atom. The van der Waals surface area contributed by atoms with Gasteiger partial charge in [-0.25, -0.2) is 4.39 Å².